The van der Waals surface area contributed by atoms with Gasteiger partial charge in [-0.05, 0) is 24.5 Å². The second kappa shape index (κ2) is 7.26. The van der Waals surface area contributed by atoms with E-state index in [4.69, 9.17) is 0 Å². The van der Waals surface area contributed by atoms with Gasteiger partial charge in [0.1, 0.15) is 17.3 Å². The van der Waals surface area contributed by atoms with E-state index in [0.717, 1.165) is 6.08 Å². The lowest BCUT2D eigenvalue weighted by atomic mass is 9.71. The van der Waals surface area contributed by atoms with Crippen LogP contribution in [-0.4, -0.2) is 31.2 Å². The lowest BCUT2D eigenvalue weighted by Crippen LogP contribution is -2.43. The molecule has 1 aromatic rings. The highest BCUT2D eigenvalue weighted by Gasteiger charge is 2.51. The van der Waals surface area contributed by atoms with E-state index in [1.54, 1.807) is 30.3 Å². The SMILES string of the molecule is O=C(O)C1(C(F)Cc2ccccc2)CC=C(OS(=O)(=O)C(F)(F)F)CC1. The summed E-state index contributed by atoms with van der Waals surface area (Å²) in [4.78, 5) is 11.7. The molecule has 0 saturated heterocycles. The van der Waals surface area contributed by atoms with E-state index in [1.807, 2.05) is 0 Å². The quantitative estimate of drug-likeness (QED) is 0.452. The molecule has 0 aromatic heterocycles. The van der Waals surface area contributed by atoms with Crippen LogP contribution in [0.5, 0.6) is 0 Å². The number of allylic oxidation sites excluding steroid dienone is 2. The molecule has 1 aromatic carbocycles. The maximum Gasteiger partial charge on any atom is 0.534 e. The third-order valence-corrected chi connectivity index (χ3v) is 5.30. The number of rotatable bonds is 6. The van der Waals surface area contributed by atoms with Gasteiger partial charge < -0.3 is 9.29 Å². The fourth-order valence-corrected chi connectivity index (χ4v) is 3.27. The van der Waals surface area contributed by atoms with Crippen LogP contribution in [0.25, 0.3) is 0 Å². The zero-order valence-corrected chi connectivity index (χ0v) is 14.2. The third-order valence-electron chi connectivity index (χ3n) is 4.29. The Labute approximate surface area is 147 Å². The molecule has 2 rings (SSSR count). The van der Waals surface area contributed by atoms with Gasteiger partial charge in [-0.3, -0.25) is 4.79 Å². The molecular weight excluding hydrogens is 380 g/mol. The predicted octanol–water partition coefficient (Wildman–Crippen LogP) is 3.57. The Morgan fingerprint density at radius 2 is 1.88 bits per heavy atom. The van der Waals surface area contributed by atoms with E-state index < -0.39 is 51.8 Å². The first-order chi connectivity index (χ1) is 12.0. The molecule has 0 radical (unpaired) electrons. The standard InChI is InChI=1S/C16H16F4O5S/c17-13(10-11-4-2-1-3-5-11)15(14(21)22)8-6-12(7-9-15)25-26(23,24)16(18,19)20/h1-6,13H,7-10H2,(H,21,22). The highest BCUT2D eigenvalue weighted by molar-refractivity contribution is 7.87. The van der Waals surface area contributed by atoms with Gasteiger partial charge in [0.25, 0.3) is 0 Å². The zero-order valence-electron chi connectivity index (χ0n) is 13.4. The molecule has 0 aliphatic heterocycles. The second-order valence-corrected chi connectivity index (χ2v) is 7.51. The predicted molar refractivity (Wildman–Crippen MR) is 83.1 cm³/mol. The highest BCUT2D eigenvalue weighted by atomic mass is 32.2. The minimum atomic E-state index is -5.83. The molecule has 10 heteroatoms. The Bertz CT molecular complexity index is 789. The molecule has 0 heterocycles. The number of hydrogen-bond acceptors (Lipinski definition) is 4. The third kappa shape index (κ3) is 4.17. The maximum atomic E-state index is 14.8. The minimum absolute atomic E-state index is 0.183. The molecule has 144 valence electrons. The normalized spacial score (nSPS) is 22.4. The first kappa shape index (κ1) is 20.2. The molecule has 0 fully saturated rings. The summed E-state index contributed by atoms with van der Waals surface area (Å²) < 4.78 is 77.9. The largest absolute Gasteiger partial charge is 0.534 e. The first-order valence-electron chi connectivity index (χ1n) is 7.59. The Hall–Kier alpha value is -2.10. The van der Waals surface area contributed by atoms with E-state index in [0.29, 0.717) is 5.56 Å². The van der Waals surface area contributed by atoms with E-state index in [9.17, 15) is 35.9 Å². The topological polar surface area (TPSA) is 80.7 Å². The summed E-state index contributed by atoms with van der Waals surface area (Å²) in [7, 11) is -5.83. The van der Waals surface area contributed by atoms with Gasteiger partial charge in [0.2, 0.25) is 0 Å². The van der Waals surface area contributed by atoms with Gasteiger partial charge >= 0.3 is 21.6 Å². The molecule has 26 heavy (non-hydrogen) atoms. The van der Waals surface area contributed by atoms with Crippen LogP contribution in [0.3, 0.4) is 0 Å². The summed E-state index contributed by atoms with van der Waals surface area (Å²) in [5.41, 5.74) is -6.87. The van der Waals surface area contributed by atoms with Crippen LogP contribution in [0.1, 0.15) is 24.8 Å². The Morgan fingerprint density at radius 1 is 1.27 bits per heavy atom. The molecule has 0 spiro atoms. The van der Waals surface area contributed by atoms with Crippen molar-refractivity contribution < 1.29 is 40.1 Å². The molecular formula is C16H16F4O5S. The van der Waals surface area contributed by atoms with Crippen molar-refractivity contribution in [1.82, 2.24) is 0 Å². The van der Waals surface area contributed by atoms with Crippen molar-refractivity contribution in [3.63, 3.8) is 0 Å². The van der Waals surface area contributed by atoms with Crippen LogP contribution in [0.2, 0.25) is 0 Å². The summed E-state index contributed by atoms with van der Waals surface area (Å²) >= 11 is 0. The number of hydrogen-bond donors (Lipinski definition) is 1. The van der Waals surface area contributed by atoms with E-state index in [-0.39, 0.29) is 12.8 Å². The highest BCUT2D eigenvalue weighted by Crippen LogP contribution is 2.43. The smallest absolute Gasteiger partial charge is 0.481 e. The zero-order chi connectivity index (χ0) is 19.6. The number of aliphatic carboxylic acids is 1. The summed E-state index contributed by atoms with van der Waals surface area (Å²) in [6.45, 7) is 0. The van der Waals surface area contributed by atoms with Crippen LogP contribution >= 0.6 is 0 Å². The van der Waals surface area contributed by atoms with Crippen LogP contribution in [0.4, 0.5) is 17.6 Å². The molecule has 0 bridgehead atoms. The average Bonchev–Trinajstić information content (AvgIpc) is 2.55. The van der Waals surface area contributed by atoms with Crippen LogP contribution in [-0.2, 0) is 25.5 Å². The Kier molecular flexibility index (Phi) is 5.64. The van der Waals surface area contributed by atoms with Gasteiger partial charge in [-0.25, -0.2) is 4.39 Å². The van der Waals surface area contributed by atoms with Gasteiger partial charge in [-0.2, -0.15) is 21.6 Å². The van der Waals surface area contributed by atoms with Crippen molar-refractivity contribution in [3.05, 3.63) is 47.7 Å². The number of alkyl halides is 4. The van der Waals surface area contributed by atoms with Crippen LogP contribution < -0.4 is 0 Å². The van der Waals surface area contributed by atoms with Crippen LogP contribution in [0, 0.1) is 5.41 Å². The van der Waals surface area contributed by atoms with Gasteiger partial charge in [0.15, 0.2) is 0 Å². The Balaban J connectivity index is 2.17. The van der Waals surface area contributed by atoms with Gasteiger partial charge in [-0.1, -0.05) is 30.3 Å². The number of halogens is 4. The Morgan fingerprint density at radius 3 is 2.35 bits per heavy atom. The van der Waals surface area contributed by atoms with Crippen molar-refractivity contribution in [1.29, 1.82) is 0 Å². The lowest BCUT2D eigenvalue weighted by Gasteiger charge is -2.35. The summed E-state index contributed by atoms with van der Waals surface area (Å²) in [5, 5.41) is 9.48. The molecule has 1 aliphatic carbocycles. The van der Waals surface area contributed by atoms with Gasteiger partial charge in [0.05, 0.1) is 0 Å². The molecule has 1 aliphatic rings. The molecule has 1 N–H and O–H groups in total. The fraction of sp³-hybridized carbons (Fsp3) is 0.438. The molecule has 0 saturated carbocycles. The summed E-state index contributed by atoms with van der Waals surface area (Å²) in [5.74, 6) is -1.97. The number of carbonyl (C=O) groups is 1. The van der Waals surface area contributed by atoms with Crippen molar-refractivity contribution in [2.24, 2.45) is 5.41 Å². The number of carboxylic acid groups (broad SMARTS) is 1. The lowest BCUT2D eigenvalue weighted by molar-refractivity contribution is -0.154. The van der Waals surface area contributed by atoms with Crippen molar-refractivity contribution in [2.75, 3.05) is 0 Å². The fourth-order valence-electron chi connectivity index (χ4n) is 2.74. The van der Waals surface area contributed by atoms with Crippen LogP contribution in [0.15, 0.2) is 42.2 Å². The van der Waals surface area contributed by atoms with Crippen molar-refractivity contribution in [3.8, 4) is 0 Å². The number of benzene rings is 1. The van der Waals surface area contributed by atoms with Gasteiger partial charge in [0, 0.05) is 12.8 Å². The first-order valence-corrected chi connectivity index (χ1v) is 9.00. The van der Waals surface area contributed by atoms with Crippen molar-refractivity contribution >= 4 is 16.1 Å². The minimum Gasteiger partial charge on any atom is -0.481 e. The number of carboxylic acids is 1. The van der Waals surface area contributed by atoms with E-state index in [1.165, 1.54) is 0 Å². The average molecular weight is 396 g/mol. The molecule has 0 amide bonds. The summed E-state index contributed by atoms with van der Waals surface area (Å²) in [6.07, 6.45) is -2.37. The maximum absolute atomic E-state index is 14.8. The summed E-state index contributed by atoms with van der Waals surface area (Å²) in [6, 6.07) is 8.32. The molecule has 5 nitrogen and oxygen atoms in total. The molecule has 2 atom stereocenters. The van der Waals surface area contributed by atoms with E-state index >= 15 is 0 Å². The monoisotopic (exact) mass is 396 g/mol. The van der Waals surface area contributed by atoms with E-state index in [2.05, 4.69) is 4.18 Å². The second-order valence-electron chi connectivity index (χ2n) is 5.98. The van der Waals surface area contributed by atoms with Gasteiger partial charge in [-0.15, -0.1) is 0 Å². The van der Waals surface area contributed by atoms with Crippen molar-refractivity contribution in [2.45, 2.75) is 37.4 Å². The molecule has 2 unspecified atom stereocenters.